The first-order valence-electron chi connectivity index (χ1n) is 4.53. The maximum atomic E-state index is 5.47. The molecule has 0 spiro atoms. The predicted octanol–water partition coefficient (Wildman–Crippen LogP) is -1.23. The van der Waals surface area contributed by atoms with Gasteiger partial charge >= 0.3 is 0 Å². The average molecular weight is 205 g/mol. The van der Waals surface area contributed by atoms with E-state index in [0.717, 1.165) is 5.57 Å². The van der Waals surface area contributed by atoms with Gasteiger partial charge in [-0.1, -0.05) is 0 Å². The van der Waals surface area contributed by atoms with Crippen LogP contribution in [0.2, 0.25) is 0 Å². The van der Waals surface area contributed by atoms with E-state index >= 15 is 0 Å². The molecule has 0 unspecified atom stereocenters. The summed E-state index contributed by atoms with van der Waals surface area (Å²) >= 11 is 0. The summed E-state index contributed by atoms with van der Waals surface area (Å²) < 4.78 is 0. The summed E-state index contributed by atoms with van der Waals surface area (Å²) in [7, 11) is 0. The zero-order valence-corrected chi connectivity index (χ0v) is 8.30. The molecule has 0 saturated heterocycles. The normalized spacial score (nSPS) is 15.3. The molecule has 7 heteroatoms. The number of hydrogen-bond donors (Lipinski definition) is 2. The Balaban J connectivity index is 2.14. The van der Waals surface area contributed by atoms with Crippen LogP contribution in [0.3, 0.4) is 0 Å². The third kappa shape index (κ3) is 2.13. The fourth-order valence-corrected chi connectivity index (χ4v) is 1.08. The van der Waals surface area contributed by atoms with E-state index in [9.17, 15) is 0 Å². The molecule has 1 aromatic rings. The van der Waals surface area contributed by atoms with Gasteiger partial charge in [0.15, 0.2) is 11.7 Å². The maximum Gasteiger partial charge on any atom is 0.238 e. The summed E-state index contributed by atoms with van der Waals surface area (Å²) in [5, 5.41) is 18.3. The number of rotatable bonds is 2. The first-order valence-corrected chi connectivity index (χ1v) is 4.53. The van der Waals surface area contributed by atoms with E-state index in [1.165, 1.54) is 0 Å². The molecule has 0 aromatic carbocycles. The Bertz CT molecular complexity index is 406. The second kappa shape index (κ2) is 4.09. The molecule has 78 valence electrons. The smallest absolute Gasteiger partial charge is 0.238 e. The van der Waals surface area contributed by atoms with Crippen molar-refractivity contribution in [2.24, 2.45) is 10.7 Å². The van der Waals surface area contributed by atoms with Crippen molar-refractivity contribution in [3.05, 3.63) is 23.4 Å². The lowest BCUT2D eigenvalue weighted by atomic mass is 10.2. The molecule has 0 radical (unpaired) electrons. The Hall–Kier alpha value is -1.89. The summed E-state index contributed by atoms with van der Waals surface area (Å²) in [6, 6.07) is 0. The SMILES string of the molecule is Cc1nnc(C2=NCC(CN)=CN2)nn1. The van der Waals surface area contributed by atoms with Crippen LogP contribution in [-0.2, 0) is 0 Å². The highest BCUT2D eigenvalue weighted by Crippen LogP contribution is 1.99. The largest absolute Gasteiger partial charge is 0.344 e. The number of nitrogens with two attached hydrogens (primary N) is 1. The van der Waals surface area contributed by atoms with Crippen molar-refractivity contribution < 1.29 is 0 Å². The lowest BCUT2D eigenvalue weighted by molar-refractivity contribution is 0.786. The van der Waals surface area contributed by atoms with Crippen molar-refractivity contribution in [2.45, 2.75) is 6.92 Å². The summed E-state index contributed by atoms with van der Waals surface area (Å²) in [5.41, 5.74) is 6.51. The first kappa shape index (κ1) is 9.66. The van der Waals surface area contributed by atoms with Gasteiger partial charge < -0.3 is 11.1 Å². The summed E-state index contributed by atoms with van der Waals surface area (Å²) in [4.78, 5) is 4.23. The predicted molar refractivity (Wildman–Crippen MR) is 54.0 cm³/mol. The van der Waals surface area contributed by atoms with Crippen molar-refractivity contribution >= 4 is 5.84 Å². The number of amidine groups is 1. The zero-order chi connectivity index (χ0) is 10.7. The summed E-state index contributed by atoms with van der Waals surface area (Å²) in [6.45, 7) is 2.79. The van der Waals surface area contributed by atoms with E-state index in [0.29, 0.717) is 30.6 Å². The molecule has 15 heavy (non-hydrogen) atoms. The molecule has 1 aliphatic rings. The molecule has 3 N–H and O–H groups in total. The van der Waals surface area contributed by atoms with E-state index in [1.807, 2.05) is 6.20 Å². The first-order chi connectivity index (χ1) is 7.29. The molecule has 0 fully saturated rings. The van der Waals surface area contributed by atoms with Gasteiger partial charge in [0, 0.05) is 12.7 Å². The Morgan fingerprint density at radius 2 is 2.07 bits per heavy atom. The molecular formula is C8H11N7. The van der Waals surface area contributed by atoms with E-state index < -0.39 is 0 Å². The van der Waals surface area contributed by atoms with E-state index in [2.05, 4.69) is 30.7 Å². The Morgan fingerprint density at radius 3 is 2.60 bits per heavy atom. The van der Waals surface area contributed by atoms with Gasteiger partial charge in [0.2, 0.25) is 5.82 Å². The highest BCUT2D eigenvalue weighted by molar-refractivity contribution is 5.96. The fraction of sp³-hybridized carbons (Fsp3) is 0.375. The number of nitrogens with one attached hydrogen (secondary N) is 1. The number of aromatic nitrogens is 4. The standard InChI is InChI=1S/C8H11N7/c1-5-12-14-8(15-13-5)7-10-3-6(2-9)4-11-7/h3H,2,4,9H2,1H3,(H,10,11). The van der Waals surface area contributed by atoms with Gasteiger partial charge in [0.05, 0.1) is 6.54 Å². The third-order valence-corrected chi connectivity index (χ3v) is 1.91. The molecule has 1 aliphatic heterocycles. The number of aryl methyl sites for hydroxylation is 1. The topological polar surface area (TPSA) is 102 Å². The van der Waals surface area contributed by atoms with Gasteiger partial charge in [-0.15, -0.1) is 20.4 Å². The van der Waals surface area contributed by atoms with Crippen molar-refractivity contribution in [1.29, 1.82) is 0 Å². The average Bonchev–Trinajstić information content (AvgIpc) is 2.30. The molecule has 1 aromatic heterocycles. The number of hydrogen-bond acceptors (Lipinski definition) is 7. The minimum Gasteiger partial charge on any atom is -0.344 e. The minimum atomic E-state index is 0.396. The Morgan fingerprint density at radius 1 is 1.33 bits per heavy atom. The van der Waals surface area contributed by atoms with Gasteiger partial charge in [-0.25, -0.2) is 0 Å². The second-order valence-corrected chi connectivity index (χ2v) is 3.09. The van der Waals surface area contributed by atoms with Crippen LogP contribution in [-0.4, -0.2) is 39.3 Å². The molecule has 2 rings (SSSR count). The second-order valence-electron chi connectivity index (χ2n) is 3.09. The molecule has 2 heterocycles. The van der Waals surface area contributed by atoms with Crippen LogP contribution in [0.4, 0.5) is 0 Å². The van der Waals surface area contributed by atoms with Gasteiger partial charge in [0.1, 0.15) is 0 Å². The van der Waals surface area contributed by atoms with Crippen molar-refractivity contribution in [3.63, 3.8) is 0 Å². The van der Waals surface area contributed by atoms with Crippen LogP contribution in [0.5, 0.6) is 0 Å². The maximum absolute atomic E-state index is 5.47. The minimum absolute atomic E-state index is 0.396. The number of nitrogens with zero attached hydrogens (tertiary/aromatic N) is 5. The van der Waals surface area contributed by atoms with E-state index in [4.69, 9.17) is 5.73 Å². The van der Waals surface area contributed by atoms with E-state index in [1.54, 1.807) is 6.92 Å². The van der Waals surface area contributed by atoms with Gasteiger partial charge in [-0.2, -0.15) is 0 Å². The highest BCUT2D eigenvalue weighted by Gasteiger charge is 2.11. The van der Waals surface area contributed by atoms with Crippen LogP contribution in [0.25, 0.3) is 0 Å². The number of aliphatic imine (C=N–C) groups is 1. The zero-order valence-electron chi connectivity index (χ0n) is 8.30. The van der Waals surface area contributed by atoms with Crippen molar-refractivity contribution in [3.8, 4) is 0 Å². The molecule has 0 saturated carbocycles. The lowest BCUT2D eigenvalue weighted by Crippen LogP contribution is -2.28. The molecule has 0 atom stereocenters. The molecule has 7 nitrogen and oxygen atoms in total. The third-order valence-electron chi connectivity index (χ3n) is 1.91. The van der Waals surface area contributed by atoms with Crippen LogP contribution in [0.1, 0.15) is 11.6 Å². The van der Waals surface area contributed by atoms with Crippen molar-refractivity contribution in [1.82, 2.24) is 25.7 Å². The summed E-state index contributed by atoms with van der Waals surface area (Å²) in [5.74, 6) is 1.51. The molecule has 0 aliphatic carbocycles. The van der Waals surface area contributed by atoms with Gasteiger partial charge in [0.25, 0.3) is 0 Å². The van der Waals surface area contributed by atoms with Crippen LogP contribution < -0.4 is 11.1 Å². The van der Waals surface area contributed by atoms with Crippen LogP contribution in [0.15, 0.2) is 16.8 Å². The van der Waals surface area contributed by atoms with Crippen LogP contribution >= 0.6 is 0 Å². The fourth-order valence-electron chi connectivity index (χ4n) is 1.08. The summed E-state index contributed by atoms with van der Waals surface area (Å²) in [6.07, 6.45) is 1.81. The molecule has 0 amide bonds. The highest BCUT2D eigenvalue weighted by atomic mass is 15.3. The van der Waals surface area contributed by atoms with Crippen molar-refractivity contribution in [2.75, 3.05) is 13.1 Å². The van der Waals surface area contributed by atoms with Crippen LogP contribution in [0, 0.1) is 6.92 Å². The Labute approximate surface area is 86.5 Å². The van der Waals surface area contributed by atoms with Gasteiger partial charge in [-0.05, 0) is 12.5 Å². The molecule has 0 bridgehead atoms. The Kier molecular flexibility index (Phi) is 2.64. The quantitative estimate of drug-likeness (QED) is 0.626. The molecular weight excluding hydrogens is 194 g/mol. The van der Waals surface area contributed by atoms with E-state index in [-0.39, 0.29) is 0 Å². The monoisotopic (exact) mass is 205 g/mol. The lowest BCUT2D eigenvalue weighted by Gasteiger charge is -2.11. The van der Waals surface area contributed by atoms with Gasteiger partial charge in [-0.3, -0.25) is 4.99 Å².